The second-order valence-corrected chi connectivity index (χ2v) is 3.65. The zero-order valence-electron chi connectivity index (χ0n) is 9.59. The summed E-state index contributed by atoms with van der Waals surface area (Å²) in [6.07, 6.45) is 1.34. The van der Waals surface area contributed by atoms with Crippen molar-refractivity contribution in [1.29, 1.82) is 0 Å². The number of nitro groups is 1. The largest absolute Gasteiger partial charge is 0.396 e. The summed E-state index contributed by atoms with van der Waals surface area (Å²) < 4.78 is 0. The fraction of sp³-hybridized carbons (Fsp3) is 0.500. The van der Waals surface area contributed by atoms with Crippen molar-refractivity contribution in [3.63, 3.8) is 0 Å². The predicted molar refractivity (Wildman–Crippen MR) is 64.7 cm³/mol. The molecule has 0 aliphatic heterocycles. The van der Waals surface area contributed by atoms with E-state index in [4.69, 9.17) is 10.8 Å². The minimum atomic E-state index is -0.518. The molecule has 1 aromatic heterocycles. The van der Waals surface area contributed by atoms with Crippen LogP contribution in [0.5, 0.6) is 0 Å². The van der Waals surface area contributed by atoms with Crippen molar-refractivity contribution in [3.8, 4) is 0 Å². The average Bonchev–Trinajstić information content (AvgIpc) is 2.27. The molecule has 7 nitrogen and oxygen atoms in total. The number of aromatic nitrogens is 1. The third-order valence-corrected chi connectivity index (χ3v) is 2.36. The van der Waals surface area contributed by atoms with Gasteiger partial charge in [-0.3, -0.25) is 10.1 Å². The van der Waals surface area contributed by atoms with E-state index in [9.17, 15) is 10.1 Å². The number of nitrogens with two attached hydrogens (primary N) is 1. The van der Waals surface area contributed by atoms with Gasteiger partial charge in [0.1, 0.15) is 11.6 Å². The van der Waals surface area contributed by atoms with Gasteiger partial charge >= 0.3 is 0 Å². The van der Waals surface area contributed by atoms with Crippen LogP contribution in [0.1, 0.15) is 19.8 Å². The summed E-state index contributed by atoms with van der Waals surface area (Å²) in [4.78, 5) is 14.1. The third kappa shape index (κ3) is 3.87. The van der Waals surface area contributed by atoms with Gasteiger partial charge in [0.2, 0.25) is 0 Å². The third-order valence-electron chi connectivity index (χ3n) is 2.36. The van der Waals surface area contributed by atoms with Gasteiger partial charge in [-0.25, -0.2) is 4.98 Å². The minimum absolute atomic E-state index is 0.0221. The zero-order chi connectivity index (χ0) is 12.8. The molecule has 0 aromatic carbocycles. The molecule has 0 aliphatic carbocycles. The average molecular weight is 240 g/mol. The lowest BCUT2D eigenvalue weighted by Gasteiger charge is -2.16. The first kappa shape index (κ1) is 13.2. The van der Waals surface area contributed by atoms with Crippen LogP contribution in [-0.4, -0.2) is 27.7 Å². The van der Waals surface area contributed by atoms with Crippen LogP contribution in [0.2, 0.25) is 0 Å². The van der Waals surface area contributed by atoms with Crippen molar-refractivity contribution < 1.29 is 10.0 Å². The molecule has 1 unspecified atom stereocenters. The van der Waals surface area contributed by atoms with Crippen LogP contribution < -0.4 is 11.1 Å². The Balaban J connectivity index is 2.86. The van der Waals surface area contributed by atoms with E-state index < -0.39 is 4.92 Å². The summed E-state index contributed by atoms with van der Waals surface area (Å²) in [7, 11) is 0. The van der Waals surface area contributed by atoms with E-state index in [1.165, 1.54) is 12.1 Å². The smallest absolute Gasteiger partial charge is 0.276 e. The van der Waals surface area contributed by atoms with Gasteiger partial charge in [-0.15, -0.1) is 0 Å². The van der Waals surface area contributed by atoms with Crippen LogP contribution in [0.4, 0.5) is 17.3 Å². The first-order valence-electron chi connectivity index (χ1n) is 5.36. The maximum absolute atomic E-state index is 10.6. The van der Waals surface area contributed by atoms with Crippen LogP contribution in [0.15, 0.2) is 12.1 Å². The Kier molecular flexibility index (Phi) is 4.65. The molecule has 94 valence electrons. The quantitative estimate of drug-likeness (QED) is 0.507. The molecule has 0 amide bonds. The highest BCUT2D eigenvalue weighted by molar-refractivity contribution is 5.53. The van der Waals surface area contributed by atoms with Gasteiger partial charge in [0, 0.05) is 12.6 Å². The number of nitrogens with zero attached hydrogens (tertiary/aromatic N) is 2. The summed E-state index contributed by atoms with van der Waals surface area (Å²) >= 11 is 0. The number of hydrogen-bond acceptors (Lipinski definition) is 6. The Morgan fingerprint density at radius 1 is 1.65 bits per heavy atom. The van der Waals surface area contributed by atoms with E-state index in [0.29, 0.717) is 12.2 Å². The van der Waals surface area contributed by atoms with Gasteiger partial charge in [-0.05, 0) is 12.8 Å². The molecule has 1 aromatic rings. The van der Waals surface area contributed by atoms with Crippen molar-refractivity contribution in [1.82, 2.24) is 4.98 Å². The molecule has 17 heavy (non-hydrogen) atoms. The van der Waals surface area contributed by atoms with Gasteiger partial charge in [-0.1, -0.05) is 6.92 Å². The molecule has 0 radical (unpaired) electrons. The Hall–Kier alpha value is -1.89. The van der Waals surface area contributed by atoms with E-state index >= 15 is 0 Å². The Morgan fingerprint density at radius 3 is 2.88 bits per heavy atom. The van der Waals surface area contributed by atoms with Crippen LogP contribution >= 0.6 is 0 Å². The number of nitrogens with one attached hydrogen (secondary N) is 1. The number of aliphatic hydroxyl groups excluding tert-OH is 1. The molecule has 0 saturated heterocycles. The Bertz CT molecular complexity index is 397. The highest BCUT2D eigenvalue weighted by atomic mass is 16.6. The number of nitrogen functional groups attached to an aromatic ring is 1. The highest BCUT2D eigenvalue weighted by Crippen LogP contribution is 2.20. The first-order chi connectivity index (χ1) is 8.06. The zero-order valence-corrected chi connectivity index (χ0v) is 9.59. The van der Waals surface area contributed by atoms with Gasteiger partial charge in [0.05, 0.1) is 17.1 Å². The molecule has 0 bridgehead atoms. The molecule has 0 aliphatic rings. The van der Waals surface area contributed by atoms with Crippen molar-refractivity contribution in [2.75, 3.05) is 17.7 Å². The lowest BCUT2D eigenvalue weighted by molar-refractivity contribution is -0.384. The number of anilines is 2. The summed E-state index contributed by atoms with van der Waals surface area (Å²) in [5, 5.41) is 22.5. The topological polar surface area (TPSA) is 114 Å². The molecule has 7 heteroatoms. The second kappa shape index (κ2) is 6.00. The van der Waals surface area contributed by atoms with E-state index in [0.717, 1.165) is 6.42 Å². The highest BCUT2D eigenvalue weighted by Gasteiger charge is 2.12. The maximum Gasteiger partial charge on any atom is 0.276 e. The first-order valence-corrected chi connectivity index (χ1v) is 5.36. The number of hydrogen-bond donors (Lipinski definition) is 3. The predicted octanol–water partition coefficient (Wildman–Crippen LogP) is 1.14. The molecule has 4 N–H and O–H groups in total. The van der Waals surface area contributed by atoms with E-state index in [-0.39, 0.29) is 24.2 Å². The van der Waals surface area contributed by atoms with Crippen LogP contribution in [0.3, 0.4) is 0 Å². The molecule has 0 fully saturated rings. The minimum Gasteiger partial charge on any atom is -0.396 e. The number of aliphatic hydroxyl groups is 1. The van der Waals surface area contributed by atoms with Gasteiger partial charge in [-0.2, -0.15) is 0 Å². The monoisotopic (exact) mass is 240 g/mol. The van der Waals surface area contributed by atoms with Crippen LogP contribution in [0, 0.1) is 10.1 Å². The van der Waals surface area contributed by atoms with E-state index in [1.54, 1.807) is 0 Å². The molecule has 1 atom stereocenters. The molecule has 0 spiro atoms. The van der Waals surface area contributed by atoms with E-state index in [1.807, 2.05) is 6.92 Å². The maximum atomic E-state index is 10.6. The van der Waals surface area contributed by atoms with E-state index in [2.05, 4.69) is 10.3 Å². The Labute approximate surface area is 98.8 Å². The molecular formula is C10H16N4O3. The summed E-state index contributed by atoms with van der Waals surface area (Å²) in [6.45, 7) is 2.00. The van der Waals surface area contributed by atoms with Crippen molar-refractivity contribution >= 4 is 17.3 Å². The Morgan fingerprint density at radius 2 is 2.35 bits per heavy atom. The SMILES string of the molecule is CCC(CCO)Nc1cc([N+](=O)[O-])cc(N)n1. The molecule has 1 rings (SSSR count). The summed E-state index contributed by atoms with van der Waals surface area (Å²) in [5.74, 6) is 0.456. The van der Waals surface area contributed by atoms with Crippen LogP contribution in [-0.2, 0) is 0 Å². The van der Waals surface area contributed by atoms with Crippen molar-refractivity contribution in [2.45, 2.75) is 25.8 Å². The number of rotatable bonds is 6. The molecule has 0 saturated carbocycles. The summed E-state index contributed by atoms with van der Waals surface area (Å²) in [5.41, 5.74) is 5.39. The van der Waals surface area contributed by atoms with Gasteiger partial charge in [0.25, 0.3) is 5.69 Å². The normalized spacial score (nSPS) is 12.1. The second-order valence-electron chi connectivity index (χ2n) is 3.65. The van der Waals surface area contributed by atoms with Gasteiger partial charge in [0.15, 0.2) is 0 Å². The standard InChI is InChI=1S/C10H16N4O3/c1-2-7(3-4-15)12-10-6-8(14(16)17)5-9(11)13-10/h5-7,15H,2-4H2,1H3,(H3,11,12,13). The summed E-state index contributed by atoms with van der Waals surface area (Å²) in [6, 6.07) is 2.56. The van der Waals surface area contributed by atoms with Crippen LogP contribution in [0.25, 0.3) is 0 Å². The fourth-order valence-corrected chi connectivity index (χ4v) is 1.46. The molecule has 1 heterocycles. The molecular weight excluding hydrogens is 224 g/mol. The number of pyridine rings is 1. The lowest BCUT2D eigenvalue weighted by Crippen LogP contribution is -2.20. The van der Waals surface area contributed by atoms with Crippen molar-refractivity contribution in [3.05, 3.63) is 22.2 Å². The lowest BCUT2D eigenvalue weighted by atomic mass is 10.1. The van der Waals surface area contributed by atoms with Crippen molar-refractivity contribution in [2.24, 2.45) is 0 Å². The van der Waals surface area contributed by atoms with Gasteiger partial charge < -0.3 is 16.2 Å². The fourth-order valence-electron chi connectivity index (χ4n) is 1.46.